The zero-order chi connectivity index (χ0) is 17.6. The molecule has 4 heterocycles. The lowest BCUT2D eigenvalue weighted by Gasteiger charge is -2.53. The molecule has 0 radical (unpaired) electrons. The fourth-order valence-corrected chi connectivity index (χ4v) is 5.11. The van der Waals surface area contributed by atoms with Crippen molar-refractivity contribution in [3.05, 3.63) is 47.0 Å². The molecule has 3 aliphatic heterocycles. The molecule has 2 saturated heterocycles. The van der Waals surface area contributed by atoms with Gasteiger partial charge < -0.3 is 14.5 Å². The van der Waals surface area contributed by atoms with Crippen LogP contribution in [0.1, 0.15) is 43.0 Å². The molecular weight excluding hydrogens is 350 g/mol. The number of benzene rings is 1. The van der Waals surface area contributed by atoms with Crippen LogP contribution in [0.4, 0.5) is 0 Å². The number of hydrogen-bond donors (Lipinski definition) is 1. The van der Waals surface area contributed by atoms with Crippen molar-refractivity contribution in [3.8, 4) is 5.75 Å². The number of aromatic nitrogens is 2. The number of halogens is 1. The highest BCUT2D eigenvalue weighted by Gasteiger charge is 2.52. The van der Waals surface area contributed by atoms with Crippen molar-refractivity contribution in [3.63, 3.8) is 0 Å². The predicted molar refractivity (Wildman–Crippen MR) is 99.3 cm³/mol. The molecule has 0 aliphatic carbocycles. The largest absolute Gasteiger partial charge is 0.486 e. The number of H-pyrrole nitrogens is 1. The zero-order valence-corrected chi connectivity index (χ0v) is 15.5. The fraction of sp³-hybridized carbons (Fsp3) is 0.550. The van der Waals surface area contributed by atoms with Gasteiger partial charge in [-0.15, -0.1) is 0 Å². The second-order valence-electron chi connectivity index (χ2n) is 7.74. The summed E-state index contributed by atoms with van der Waals surface area (Å²) < 4.78 is 12.9. The summed E-state index contributed by atoms with van der Waals surface area (Å²) in [6.07, 6.45) is 8.12. The highest BCUT2D eigenvalue weighted by Crippen LogP contribution is 2.53. The zero-order valence-electron chi connectivity index (χ0n) is 14.8. The molecule has 2 atom stereocenters. The summed E-state index contributed by atoms with van der Waals surface area (Å²) in [6, 6.07) is 5.97. The van der Waals surface area contributed by atoms with Gasteiger partial charge >= 0.3 is 0 Å². The van der Waals surface area contributed by atoms with Gasteiger partial charge in [0.25, 0.3) is 0 Å². The summed E-state index contributed by atoms with van der Waals surface area (Å²) in [7, 11) is 0. The number of piperidine rings is 1. The van der Waals surface area contributed by atoms with E-state index in [1.54, 1.807) is 6.33 Å². The smallest absolute Gasteiger partial charge is 0.126 e. The molecule has 5 rings (SSSR count). The van der Waals surface area contributed by atoms with Gasteiger partial charge in [0.05, 0.1) is 12.4 Å². The number of ether oxygens (including phenoxy) is 2. The molecule has 3 aliphatic rings. The van der Waals surface area contributed by atoms with E-state index in [1.807, 2.05) is 24.4 Å². The van der Waals surface area contributed by atoms with E-state index in [4.69, 9.17) is 21.1 Å². The first-order valence-electron chi connectivity index (χ1n) is 9.53. The third-order valence-electron chi connectivity index (χ3n) is 6.24. The summed E-state index contributed by atoms with van der Waals surface area (Å²) in [6.45, 7) is 3.82. The Morgan fingerprint density at radius 1 is 1.31 bits per heavy atom. The average molecular weight is 374 g/mol. The maximum absolute atomic E-state index is 6.68. The molecule has 0 amide bonds. The molecule has 1 spiro atoms. The summed E-state index contributed by atoms with van der Waals surface area (Å²) in [4.78, 5) is 9.81. The molecule has 1 aromatic carbocycles. The van der Waals surface area contributed by atoms with E-state index in [-0.39, 0.29) is 11.7 Å². The van der Waals surface area contributed by atoms with Crippen LogP contribution in [0.2, 0.25) is 5.02 Å². The third kappa shape index (κ3) is 2.82. The molecule has 6 heteroatoms. The van der Waals surface area contributed by atoms with Crippen LogP contribution in [0.5, 0.6) is 5.75 Å². The van der Waals surface area contributed by atoms with Gasteiger partial charge in [0, 0.05) is 67.5 Å². The van der Waals surface area contributed by atoms with Crippen LogP contribution in [-0.2, 0) is 11.3 Å². The molecule has 5 nitrogen and oxygen atoms in total. The van der Waals surface area contributed by atoms with Gasteiger partial charge in [0.15, 0.2) is 0 Å². The SMILES string of the molecule is Clc1ccc2c(c1)[C@H]1OCCC[C@@H]1C1(CCN(Cc3cnc[nH]3)CC1)O2. The van der Waals surface area contributed by atoms with E-state index in [0.717, 1.165) is 68.3 Å². The monoisotopic (exact) mass is 373 g/mol. The van der Waals surface area contributed by atoms with Gasteiger partial charge in [-0.25, -0.2) is 4.98 Å². The minimum absolute atomic E-state index is 0.115. The third-order valence-corrected chi connectivity index (χ3v) is 6.48. The Morgan fingerprint density at radius 3 is 3.00 bits per heavy atom. The van der Waals surface area contributed by atoms with Gasteiger partial charge in [0.2, 0.25) is 0 Å². The van der Waals surface area contributed by atoms with Gasteiger partial charge in [-0.1, -0.05) is 11.6 Å². The number of rotatable bonds is 2. The average Bonchev–Trinajstić information content (AvgIpc) is 3.18. The van der Waals surface area contributed by atoms with Crippen molar-refractivity contribution < 1.29 is 9.47 Å². The topological polar surface area (TPSA) is 50.4 Å². The van der Waals surface area contributed by atoms with Crippen LogP contribution in [0, 0.1) is 5.92 Å². The first kappa shape index (κ1) is 16.6. The highest BCUT2D eigenvalue weighted by atomic mass is 35.5. The quantitative estimate of drug-likeness (QED) is 0.865. The van der Waals surface area contributed by atoms with Crippen molar-refractivity contribution >= 4 is 11.6 Å². The van der Waals surface area contributed by atoms with Crippen LogP contribution >= 0.6 is 11.6 Å². The molecule has 0 bridgehead atoms. The number of nitrogens with zero attached hydrogens (tertiary/aromatic N) is 2. The summed E-state index contributed by atoms with van der Waals surface area (Å²) in [5.74, 6) is 1.37. The molecule has 0 saturated carbocycles. The first-order valence-corrected chi connectivity index (χ1v) is 9.91. The van der Waals surface area contributed by atoms with Crippen molar-refractivity contribution in [2.45, 2.75) is 43.9 Å². The molecule has 26 heavy (non-hydrogen) atoms. The van der Waals surface area contributed by atoms with E-state index in [0.29, 0.717) is 5.92 Å². The molecule has 0 unspecified atom stereocenters. The van der Waals surface area contributed by atoms with Crippen molar-refractivity contribution in [1.29, 1.82) is 0 Å². The van der Waals surface area contributed by atoms with Gasteiger partial charge in [0.1, 0.15) is 11.4 Å². The molecule has 1 aromatic heterocycles. The van der Waals surface area contributed by atoms with E-state index in [9.17, 15) is 0 Å². The van der Waals surface area contributed by atoms with Crippen LogP contribution in [-0.4, -0.2) is 40.2 Å². The van der Waals surface area contributed by atoms with Crippen molar-refractivity contribution in [2.75, 3.05) is 19.7 Å². The number of likely N-dealkylation sites (tertiary alicyclic amines) is 1. The van der Waals surface area contributed by atoms with E-state index in [1.165, 1.54) is 5.69 Å². The maximum atomic E-state index is 6.68. The number of imidazole rings is 1. The van der Waals surface area contributed by atoms with Gasteiger partial charge in [-0.3, -0.25) is 4.90 Å². The summed E-state index contributed by atoms with van der Waals surface area (Å²) in [5.41, 5.74) is 2.19. The van der Waals surface area contributed by atoms with E-state index in [2.05, 4.69) is 14.9 Å². The summed E-state index contributed by atoms with van der Waals surface area (Å²) in [5, 5.41) is 0.755. The molecule has 2 fully saturated rings. The number of fused-ring (bicyclic) bond motifs is 4. The Kier molecular flexibility index (Phi) is 4.18. The van der Waals surface area contributed by atoms with Crippen molar-refractivity contribution in [2.24, 2.45) is 5.92 Å². The normalized spacial score (nSPS) is 27.6. The van der Waals surface area contributed by atoms with E-state index >= 15 is 0 Å². The Labute approximate surface area is 158 Å². The lowest BCUT2D eigenvalue weighted by molar-refractivity contribution is -0.150. The Bertz CT molecular complexity index is 771. The Balaban J connectivity index is 1.39. The maximum Gasteiger partial charge on any atom is 0.126 e. The minimum Gasteiger partial charge on any atom is -0.486 e. The number of aromatic amines is 1. The van der Waals surface area contributed by atoms with Gasteiger partial charge in [-0.2, -0.15) is 0 Å². The number of hydrogen-bond acceptors (Lipinski definition) is 4. The van der Waals surface area contributed by atoms with Crippen LogP contribution in [0.25, 0.3) is 0 Å². The van der Waals surface area contributed by atoms with Crippen LogP contribution in [0.15, 0.2) is 30.7 Å². The second-order valence-corrected chi connectivity index (χ2v) is 8.18. The van der Waals surface area contributed by atoms with Crippen LogP contribution in [0.3, 0.4) is 0 Å². The van der Waals surface area contributed by atoms with Crippen LogP contribution < -0.4 is 4.74 Å². The predicted octanol–water partition coefficient (Wildman–Crippen LogP) is 3.96. The standard InChI is InChI=1S/C20H24ClN3O2/c21-14-3-4-18-16(10-14)19-17(2-1-9-25-19)20(26-18)5-7-24(8-6-20)12-15-11-22-13-23-15/h3-4,10-11,13,17,19H,1-2,5-9,12H2,(H,22,23)/t17-,19+/m0/s1. The first-order chi connectivity index (χ1) is 12.7. The Hall–Kier alpha value is -1.56. The molecule has 1 N–H and O–H groups in total. The van der Waals surface area contributed by atoms with E-state index < -0.39 is 0 Å². The highest BCUT2D eigenvalue weighted by molar-refractivity contribution is 6.30. The Morgan fingerprint density at radius 2 is 2.19 bits per heavy atom. The fourth-order valence-electron chi connectivity index (χ4n) is 4.93. The molecular formula is C20H24ClN3O2. The molecule has 2 aromatic rings. The lowest BCUT2D eigenvalue weighted by Crippen LogP contribution is -2.57. The lowest BCUT2D eigenvalue weighted by atomic mass is 9.70. The minimum atomic E-state index is -0.115. The van der Waals surface area contributed by atoms with Gasteiger partial charge in [-0.05, 0) is 31.0 Å². The summed E-state index contributed by atoms with van der Waals surface area (Å²) >= 11 is 6.25. The van der Waals surface area contributed by atoms with Crippen molar-refractivity contribution in [1.82, 2.24) is 14.9 Å². The number of nitrogens with one attached hydrogen (secondary N) is 1. The second kappa shape index (κ2) is 6.55. The molecule has 138 valence electrons.